The van der Waals surface area contributed by atoms with E-state index in [0.717, 1.165) is 12.0 Å². The van der Waals surface area contributed by atoms with Crippen molar-refractivity contribution in [2.24, 2.45) is 0 Å². The Balaban J connectivity index is 2.44. The topological polar surface area (TPSA) is 58.6 Å². The van der Waals surface area contributed by atoms with Crippen molar-refractivity contribution >= 4 is 5.91 Å². The highest BCUT2D eigenvalue weighted by atomic mass is 16.5. The molecule has 1 saturated heterocycles. The summed E-state index contributed by atoms with van der Waals surface area (Å²) in [5.41, 5.74) is -0.526. The number of carbonyl (C=O) groups excluding carboxylic acids is 1. The molecule has 0 aromatic rings. The smallest absolute Gasteiger partial charge is 0.261 e. The van der Waals surface area contributed by atoms with E-state index in [0.29, 0.717) is 18.5 Å². The molecule has 2 aliphatic rings. The fourth-order valence-corrected chi connectivity index (χ4v) is 3.24. The first kappa shape index (κ1) is 15.0. The summed E-state index contributed by atoms with van der Waals surface area (Å²) in [6.07, 6.45) is 5.18. The van der Waals surface area contributed by atoms with Crippen molar-refractivity contribution in [3.8, 4) is 0 Å². The van der Waals surface area contributed by atoms with Crippen molar-refractivity contribution in [2.45, 2.75) is 56.8 Å². The lowest BCUT2D eigenvalue weighted by atomic mass is 9.75. The van der Waals surface area contributed by atoms with Crippen molar-refractivity contribution in [3.05, 3.63) is 36.6 Å². The lowest BCUT2D eigenvalue weighted by molar-refractivity contribution is -0.187. The van der Waals surface area contributed by atoms with Crippen LogP contribution in [0, 0.1) is 0 Å². The first-order valence-electron chi connectivity index (χ1n) is 7.07. The van der Waals surface area contributed by atoms with Gasteiger partial charge in [-0.25, -0.2) is 0 Å². The zero-order valence-electron chi connectivity index (χ0n) is 12.2. The van der Waals surface area contributed by atoms with Gasteiger partial charge in [-0.15, -0.1) is 6.58 Å². The Labute approximate surface area is 120 Å². The number of allylic oxidation sites excluding steroid dienone is 1. The number of hydrogen-bond acceptors (Lipinski definition) is 3. The van der Waals surface area contributed by atoms with Crippen molar-refractivity contribution in [3.63, 3.8) is 0 Å². The van der Waals surface area contributed by atoms with E-state index < -0.39 is 11.2 Å². The van der Waals surface area contributed by atoms with Crippen LogP contribution in [-0.2, 0) is 9.53 Å². The van der Waals surface area contributed by atoms with Gasteiger partial charge in [0.2, 0.25) is 0 Å². The van der Waals surface area contributed by atoms with E-state index in [2.05, 4.69) is 18.5 Å². The van der Waals surface area contributed by atoms with Crippen LogP contribution in [0.25, 0.3) is 0 Å². The quantitative estimate of drug-likeness (QED) is 0.775. The van der Waals surface area contributed by atoms with Crippen LogP contribution in [0.1, 0.15) is 39.5 Å². The third-order valence-electron chi connectivity index (χ3n) is 4.36. The van der Waals surface area contributed by atoms with Crippen molar-refractivity contribution in [1.29, 1.82) is 0 Å². The molecule has 0 aromatic heterocycles. The molecule has 1 spiro atoms. The van der Waals surface area contributed by atoms with E-state index in [1.165, 1.54) is 0 Å². The highest BCUT2D eigenvalue weighted by Crippen LogP contribution is 2.45. The van der Waals surface area contributed by atoms with Gasteiger partial charge in [-0.1, -0.05) is 19.6 Å². The first-order valence-corrected chi connectivity index (χ1v) is 7.07. The number of carbonyl (C=O) groups is 1. The molecule has 1 amide bonds. The third-order valence-corrected chi connectivity index (χ3v) is 4.36. The van der Waals surface area contributed by atoms with Crippen LogP contribution < -0.4 is 5.32 Å². The van der Waals surface area contributed by atoms with Gasteiger partial charge in [-0.3, -0.25) is 4.79 Å². The fourth-order valence-electron chi connectivity index (χ4n) is 3.24. The van der Waals surface area contributed by atoms with Crippen molar-refractivity contribution in [1.82, 2.24) is 5.32 Å². The Bertz CT molecular complexity index is 482. The number of rotatable bonds is 4. The third kappa shape index (κ3) is 2.23. The van der Waals surface area contributed by atoms with Gasteiger partial charge >= 0.3 is 0 Å². The predicted molar refractivity (Wildman–Crippen MR) is 77.9 cm³/mol. The maximum absolute atomic E-state index is 12.4. The summed E-state index contributed by atoms with van der Waals surface area (Å²) in [5.74, 6) is -0.203. The summed E-state index contributed by atoms with van der Waals surface area (Å²) < 4.78 is 6.07. The van der Waals surface area contributed by atoms with Crippen LogP contribution in [-0.4, -0.2) is 28.3 Å². The van der Waals surface area contributed by atoms with Crippen LogP contribution in [0.2, 0.25) is 0 Å². The molecule has 2 N–H and O–H groups in total. The van der Waals surface area contributed by atoms with Gasteiger partial charge < -0.3 is 15.2 Å². The van der Waals surface area contributed by atoms with Gasteiger partial charge in [0.15, 0.2) is 5.60 Å². The van der Waals surface area contributed by atoms with Gasteiger partial charge in [0.25, 0.3) is 5.91 Å². The van der Waals surface area contributed by atoms with E-state index >= 15 is 0 Å². The average molecular weight is 277 g/mol. The lowest BCUT2D eigenvalue weighted by Gasteiger charge is -2.46. The second kappa shape index (κ2) is 5.19. The Morgan fingerprint density at radius 2 is 2.25 bits per heavy atom. The minimum Gasteiger partial charge on any atom is -0.389 e. The number of aliphatic hydroxyl groups is 1. The fraction of sp³-hybridized carbons (Fsp3) is 0.562. The molecule has 3 atom stereocenters. The molecule has 4 nitrogen and oxygen atoms in total. The zero-order valence-corrected chi connectivity index (χ0v) is 12.2. The minimum atomic E-state index is -1.07. The highest BCUT2D eigenvalue weighted by Gasteiger charge is 2.56. The van der Waals surface area contributed by atoms with Crippen LogP contribution in [0.3, 0.4) is 0 Å². The summed E-state index contributed by atoms with van der Waals surface area (Å²) in [6, 6.07) is 0. The molecule has 0 radical (unpaired) electrons. The Morgan fingerprint density at radius 1 is 1.55 bits per heavy atom. The molecule has 0 aliphatic carbocycles. The number of amides is 1. The second-order valence-electron chi connectivity index (χ2n) is 5.77. The minimum absolute atomic E-state index is 0.140. The van der Waals surface area contributed by atoms with E-state index in [9.17, 15) is 9.90 Å². The standard InChI is InChI=1S/C16H23NO3/c1-5-8-15(19)9-12(6-2)20-16(10-15)11(4)13(7-3)17-14(16)18/h5,7,12,19H,1,3,6,8-10H2,2,4H3,(H,17,18). The largest absolute Gasteiger partial charge is 0.389 e. The Morgan fingerprint density at radius 3 is 2.75 bits per heavy atom. The van der Waals surface area contributed by atoms with Crippen LogP contribution in [0.15, 0.2) is 36.6 Å². The molecule has 0 aromatic carbocycles. The molecule has 2 heterocycles. The van der Waals surface area contributed by atoms with Crippen molar-refractivity contribution < 1.29 is 14.6 Å². The molecule has 2 aliphatic heterocycles. The maximum atomic E-state index is 12.4. The van der Waals surface area contributed by atoms with Crippen molar-refractivity contribution in [2.75, 3.05) is 0 Å². The van der Waals surface area contributed by atoms with Crippen LogP contribution in [0.5, 0.6) is 0 Å². The molecular formula is C16H23NO3. The van der Waals surface area contributed by atoms with Crippen LogP contribution in [0.4, 0.5) is 0 Å². The number of ether oxygens (including phenoxy) is 1. The molecule has 2 rings (SSSR count). The predicted octanol–water partition coefficient (Wildman–Crippen LogP) is 2.21. The summed E-state index contributed by atoms with van der Waals surface area (Å²) in [5, 5.41) is 13.6. The molecule has 4 heteroatoms. The first-order chi connectivity index (χ1) is 9.40. The van der Waals surface area contributed by atoms with Gasteiger partial charge in [-0.05, 0) is 31.4 Å². The highest BCUT2D eigenvalue weighted by molar-refractivity contribution is 5.94. The Hall–Kier alpha value is -1.39. The van der Waals surface area contributed by atoms with Gasteiger partial charge in [0, 0.05) is 18.5 Å². The summed E-state index contributed by atoms with van der Waals surface area (Å²) >= 11 is 0. The maximum Gasteiger partial charge on any atom is 0.261 e. The zero-order chi connectivity index (χ0) is 15.0. The monoisotopic (exact) mass is 277 g/mol. The molecule has 20 heavy (non-hydrogen) atoms. The molecule has 0 bridgehead atoms. The molecule has 3 unspecified atom stereocenters. The summed E-state index contributed by atoms with van der Waals surface area (Å²) in [6.45, 7) is 11.3. The summed E-state index contributed by atoms with van der Waals surface area (Å²) in [4.78, 5) is 12.4. The van der Waals surface area contributed by atoms with E-state index in [1.807, 2.05) is 13.8 Å². The molecule has 110 valence electrons. The van der Waals surface area contributed by atoms with Gasteiger partial charge in [0.05, 0.1) is 11.7 Å². The van der Waals surface area contributed by atoms with E-state index in [1.54, 1.807) is 12.2 Å². The van der Waals surface area contributed by atoms with Crippen LogP contribution >= 0.6 is 0 Å². The lowest BCUT2D eigenvalue weighted by Crippen LogP contribution is -2.57. The number of nitrogens with one attached hydrogen (secondary N) is 1. The van der Waals surface area contributed by atoms with E-state index in [4.69, 9.17) is 4.74 Å². The van der Waals surface area contributed by atoms with Gasteiger partial charge in [-0.2, -0.15) is 0 Å². The molecular weight excluding hydrogens is 254 g/mol. The SMILES string of the molecule is C=CCC1(O)CC(CC)OC2(C1)C(=O)NC(C=C)=C2C. The molecule has 0 saturated carbocycles. The Kier molecular flexibility index (Phi) is 3.89. The second-order valence-corrected chi connectivity index (χ2v) is 5.77. The molecule has 1 fully saturated rings. The normalized spacial score (nSPS) is 37.1. The number of hydrogen-bond donors (Lipinski definition) is 2. The van der Waals surface area contributed by atoms with E-state index in [-0.39, 0.29) is 18.4 Å². The average Bonchev–Trinajstić information content (AvgIpc) is 2.62. The van der Waals surface area contributed by atoms with Gasteiger partial charge in [0.1, 0.15) is 0 Å². The summed E-state index contributed by atoms with van der Waals surface area (Å²) in [7, 11) is 0.